The summed E-state index contributed by atoms with van der Waals surface area (Å²) in [5, 5.41) is 27.5. The monoisotopic (exact) mass is 316 g/mol. The normalized spacial score (nSPS) is 19.1. The number of aromatic nitrogens is 3. The van der Waals surface area contributed by atoms with Crippen LogP contribution in [-0.2, 0) is 11.3 Å². The number of H-pyrrole nitrogens is 1. The predicted octanol–water partition coefficient (Wildman–Crippen LogP) is 1.22. The molecular weight excluding hydrogens is 296 g/mol. The Balaban J connectivity index is 1.38. The fourth-order valence-electron chi connectivity index (χ4n) is 2.40. The van der Waals surface area contributed by atoms with Crippen molar-refractivity contribution in [3.8, 4) is 12.3 Å². The summed E-state index contributed by atoms with van der Waals surface area (Å²) in [6.45, 7) is 0.259. The first-order valence-electron chi connectivity index (χ1n) is 7.85. The standard InChI is InChI=1S/C15H20N6O2/c1-2-3-7-15(20-21-15)8-6-12(22)16-9-11-17-14(19-18-11)13(23)10-4-5-10/h1,10,13,23H,3-9H2,(H,16,22)(H,17,18,19). The summed E-state index contributed by atoms with van der Waals surface area (Å²) in [5.41, 5.74) is -0.433. The number of aliphatic hydroxyl groups is 1. The van der Waals surface area contributed by atoms with Gasteiger partial charge in [-0.2, -0.15) is 15.3 Å². The Kier molecular flexibility index (Phi) is 4.39. The van der Waals surface area contributed by atoms with Crippen molar-refractivity contribution in [2.75, 3.05) is 0 Å². The summed E-state index contributed by atoms with van der Waals surface area (Å²) in [7, 11) is 0. The van der Waals surface area contributed by atoms with Gasteiger partial charge in [0.05, 0.1) is 6.54 Å². The van der Waals surface area contributed by atoms with E-state index in [2.05, 4.69) is 36.6 Å². The van der Waals surface area contributed by atoms with Gasteiger partial charge in [-0.05, 0) is 18.8 Å². The quantitative estimate of drug-likeness (QED) is 0.594. The van der Waals surface area contributed by atoms with Crippen LogP contribution in [0.3, 0.4) is 0 Å². The van der Waals surface area contributed by atoms with E-state index >= 15 is 0 Å². The first kappa shape index (κ1) is 15.6. The third-order valence-electron chi connectivity index (χ3n) is 4.14. The summed E-state index contributed by atoms with van der Waals surface area (Å²) >= 11 is 0. The summed E-state index contributed by atoms with van der Waals surface area (Å²) in [6.07, 6.45) is 8.86. The van der Waals surface area contributed by atoms with Gasteiger partial charge in [-0.3, -0.25) is 9.89 Å². The van der Waals surface area contributed by atoms with Crippen molar-refractivity contribution in [1.82, 2.24) is 20.5 Å². The minimum absolute atomic E-state index is 0.0944. The van der Waals surface area contributed by atoms with Crippen molar-refractivity contribution in [3.05, 3.63) is 11.6 Å². The van der Waals surface area contributed by atoms with Crippen LogP contribution in [0.2, 0.25) is 0 Å². The van der Waals surface area contributed by atoms with Crippen LogP contribution in [-0.4, -0.2) is 31.9 Å². The van der Waals surface area contributed by atoms with E-state index in [1.807, 2.05) is 0 Å². The van der Waals surface area contributed by atoms with E-state index in [9.17, 15) is 9.90 Å². The Hall–Kier alpha value is -2.27. The fourth-order valence-corrected chi connectivity index (χ4v) is 2.40. The van der Waals surface area contributed by atoms with Gasteiger partial charge < -0.3 is 10.4 Å². The molecule has 1 aromatic heterocycles. The number of hydrogen-bond donors (Lipinski definition) is 3. The molecule has 23 heavy (non-hydrogen) atoms. The highest BCUT2D eigenvalue weighted by Gasteiger charge is 2.39. The summed E-state index contributed by atoms with van der Waals surface area (Å²) in [6, 6.07) is 0. The number of nitrogens with one attached hydrogen (secondary N) is 2. The van der Waals surface area contributed by atoms with Crippen molar-refractivity contribution in [2.24, 2.45) is 16.1 Å². The number of aliphatic hydroxyl groups excluding tert-OH is 1. The molecule has 1 unspecified atom stereocenters. The van der Waals surface area contributed by atoms with Gasteiger partial charge in [0.25, 0.3) is 0 Å². The number of carbonyl (C=O) groups is 1. The molecule has 8 heteroatoms. The summed E-state index contributed by atoms with van der Waals surface area (Å²) < 4.78 is 0. The molecule has 1 saturated carbocycles. The predicted molar refractivity (Wildman–Crippen MR) is 80.8 cm³/mol. The zero-order chi connectivity index (χ0) is 16.3. The lowest BCUT2D eigenvalue weighted by Gasteiger charge is -2.08. The second-order valence-electron chi connectivity index (χ2n) is 6.09. The van der Waals surface area contributed by atoms with E-state index in [-0.39, 0.29) is 18.4 Å². The average Bonchev–Trinajstić information content (AvgIpc) is 3.48. The molecule has 0 saturated heterocycles. The average molecular weight is 316 g/mol. The molecule has 1 atom stereocenters. The number of carbonyl (C=O) groups excluding carboxylic acids is 1. The number of terminal acetylenes is 1. The smallest absolute Gasteiger partial charge is 0.220 e. The minimum atomic E-state index is -0.607. The third-order valence-corrected chi connectivity index (χ3v) is 4.14. The van der Waals surface area contributed by atoms with Gasteiger partial charge in [-0.1, -0.05) is 0 Å². The molecule has 1 aliphatic heterocycles. The number of rotatable bonds is 9. The van der Waals surface area contributed by atoms with Crippen LogP contribution >= 0.6 is 0 Å². The first-order chi connectivity index (χ1) is 11.1. The maximum atomic E-state index is 11.9. The van der Waals surface area contributed by atoms with E-state index in [0.717, 1.165) is 12.8 Å². The molecule has 2 heterocycles. The molecule has 1 fully saturated rings. The SMILES string of the molecule is C#CCCC1(CCC(=O)NCc2nc(C(O)C3CC3)n[nH]2)N=N1. The Morgan fingerprint density at radius 1 is 1.48 bits per heavy atom. The largest absolute Gasteiger partial charge is 0.385 e. The molecule has 122 valence electrons. The number of hydrogen-bond acceptors (Lipinski definition) is 6. The molecule has 1 amide bonds. The Morgan fingerprint density at radius 2 is 2.26 bits per heavy atom. The third kappa shape index (κ3) is 4.13. The maximum absolute atomic E-state index is 11.9. The molecule has 3 rings (SSSR count). The first-order valence-corrected chi connectivity index (χ1v) is 7.85. The molecule has 0 radical (unpaired) electrons. The van der Waals surface area contributed by atoms with Gasteiger partial charge in [-0.15, -0.1) is 12.3 Å². The van der Waals surface area contributed by atoms with E-state index in [4.69, 9.17) is 6.42 Å². The molecule has 2 aliphatic rings. The van der Waals surface area contributed by atoms with Crippen LogP contribution in [0.25, 0.3) is 0 Å². The Bertz CT molecular complexity index is 637. The molecular formula is C15H20N6O2. The van der Waals surface area contributed by atoms with Crippen LogP contribution in [0, 0.1) is 18.3 Å². The second-order valence-corrected chi connectivity index (χ2v) is 6.09. The molecule has 1 aliphatic carbocycles. The lowest BCUT2D eigenvalue weighted by molar-refractivity contribution is -0.121. The molecule has 8 nitrogen and oxygen atoms in total. The maximum Gasteiger partial charge on any atom is 0.220 e. The van der Waals surface area contributed by atoms with E-state index in [1.54, 1.807) is 0 Å². The molecule has 0 aromatic carbocycles. The van der Waals surface area contributed by atoms with Gasteiger partial charge in [-0.25, -0.2) is 4.98 Å². The zero-order valence-electron chi connectivity index (χ0n) is 12.8. The number of amides is 1. The van der Waals surface area contributed by atoms with Crippen molar-refractivity contribution in [2.45, 2.75) is 56.8 Å². The topological polar surface area (TPSA) is 116 Å². The van der Waals surface area contributed by atoms with E-state index < -0.39 is 11.8 Å². The fraction of sp³-hybridized carbons (Fsp3) is 0.667. The van der Waals surface area contributed by atoms with Crippen LogP contribution < -0.4 is 5.32 Å². The minimum Gasteiger partial charge on any atom is -0.385 e. The highest BCUT2D eigenvalue weighted by Crippen LogP contribution is 2.39. The number of aromatic amines is 1. The summed E-state index contributed by atoms with van der Waals surface area (Å²) in [4.78, 5) is 16.1. The number of nitrogens with zero attached hydrogens (tertiary/aromatic N) is 4. The Labute approximate surface area is 134 Å². The molecule has 0 bridgehead atoms. The molecule has 0 spiro atoms. The van der Waals surface area contributed by atoms with Gasteiger partial charge in [0.2, 0.25) is 5.91 Å². The molecule has 3 N–H and O–H groups in total. The van der Waals surface area contributed by atoms with Crippen molar-refractivity contribution < 1.29 is 9.90 Å². The van der Waals surface area contributed by atoms with E-state index in [1.165, 1.54) is 0 Å². The molecule has 1 aromatic rings. The zero-order valence-corrected chi connectivity index (χ0v) is 12.8. The lowest BCUT2D eigenvalue weighted by Crippen LogP contribution is -2.25. The Morgan fingerprint density at radius 3 is 2.91 bits per heavy atom. The highest BCUT2D eigenvalue weighted by atomic mass is 16.3. The summed E-state index contributed by atoms with van der Waals surface area (Å²) in [5.74, 6) is 3.68. The van der Waals surface area contributed by atoms with Crippen molar-refractivity contribution >= 4 is 5.91 Å². The van der Waals surface area contributed by atoms with Crippen LogP contribution in [0.15, 0.2) is 10.2 Å². The van der Waals surface area contributed by atoms with Crippen molar-refractivity contribution in [3.63, 3.8) is 0 Å². The lowest BCUT2D eigenvalue weighted by atomic mass is 10.0. The van der Waals surface area contributed by atoms with Crippen LogP contribution in [0.1, 0.15) is 56.3 Å². The van der Waals surface area contributed by atoms with E-state index in [0.29, 0.717) is 37.3 Å². The van der Waals surface area contributed by atoms with Gasteiger partial charge in [0, 0.05) is 25.7 Å². The highest BCUT2D eigenvalue weighted by molar-refractivity contribution is 5.75. The van der Waals surface area contributed by atoms with Gasteiger partial charge in [0.15, 0.2) is 11.5 Å². The van der Waals surface area contributed by atoms with Gasteiger partial charge in [0.1, 0.15) is 11.9 Å². The van der Waals surface area contributed by atoms with Crippen LogP contribution in [0.5, 0.6) is 0 Å². The van der Waals surface area contributed by atoms with Gasteiger partial charge >= 0.3 is 0 Å². The van der Waals surface area contributed by atoms with Crippen molar-refractivity contribution in [1.29, 1.82) is 0 Å². The second kappa shape index (κ2) is 6.46. The van der Waals surface area contributed by atoms with Crippen LogP contribution in [0.4, 0.5) is 0 Å².